The molecule has 3 aromatic rings. The first-order chi connectivity index (χ1) is 18.1. The number of thiocarbonyl (C=S) groups is 1. The van der Waals surface area contributed by atoms with Gasteiger partial charge in [0.15, 0.2) is 5.11 Å². The lowest BCUT2D eigenvalue weighted by atomic mass is 9.86. The number of carbonyl (C=O) groups excluding carboxylic acids is 1. The Labute approximate surface area is 230 Å². The minimum absolute atomic E-state index is 0.00191. The van der Waals surface area contributed by atoms with Crippen LogP contribution in [-0.4, -0.2) is 28.6 Å². The van der Waals surface area contributed by atoms with Crippen molar-refractivity contribution in [3.8, 4) is 0 Å². The van der Waals surface area contributed by atoms with E-state index in [-0.39, 0.29) is 23.5 Å². The number of carbonyl (C=O) groups is 1. The number of hydrogen-bond donors (Lipinski definition) is 2. The highest BCUT2D eigenvalue weighted by atomic mass is 32.1. The molecule has 1 saturated heterocycles. The molecule has 38 heavy (non-hydrogen) atoms. The number of amides is 1. The van der Waals surface area contributed by atoms with E-state index >= 15 is 0 Å². The average Bonchev–Trinajstić information content (AvgIpc) is 3.25. The predicted molar refractivity (Wildman–Crippen MR) is 161 cm³/mol. The number of aryl methyl sites for hydroxylation is 1. The molecule has 196 valence electrons. The summed E-state index contributed by atoms with van der Waals surface area (Å²) < 4.78 is 0. The SMILES string of the molecule is CCC(=O)Nc1ccc(N2C(=S)N[C@@H](c3ccccn3)[C@@H]2c2ccc3c(c2)C(C)=CC(C)(C)N3C)cc1C. The van der Waals surface area contributed by atoms with Gasteiger partial charge < -0.3 is 20.4 Å². The standard InChI is InChI=1S/C31H35N5OS/c1-7-27(37)33-24-13-12-22(16-19(24)2)36-29(28(34-30(36)38)25-10-8-9-15-32-25)21-11-14-26-23(17-21)20(3)18-31(4,5)35(26)6/h8-18,28-29H,7H2,1-6H3,(H,33,37)(H,34,38)/t28-,29-/m0/s1. The molecule has 2 atom stereocenters. The van der Waals surface area contributed by atoms with Gasteiger partial charge in [-0.1, -0.05) is 25.1 Å². The van der Waals surface area contributed by atoms with Gasteiger partial charge in [-0.3, -0.25) is 9.78 Å². The number of anilines is 3. The normalized spacial score (nSPS) is 20.1. The monoisotopic (exact) mass is 525 g/mol. The van der Waals surface area contributed by atoms with Crippen molar-refractivity contribution >= 4 is 45.9 Å². The summed E-state index contributed by atoms with van der Waals surface area (Å²) in [6.45, 7) is 10.5. The quantitative estimate of drug-likeness (QED) is 0.369. The van der Waals surface area contributed by atoms with Crippen LogP contribution in [0.2, 0.25) is 0 Å². The maximum Gasteiger partial charge on any atom is 0.224 e. The third-order valence-electron chi connectivity index (χ3n) is 7.76. The summed E-state index contributed by atoms with van der Waals surface area (Å²) in [5, 5.41) is 7.20. The second-order valence-corrected chi connectivity index (χ2v) is 11.1. The summed E-state index contributed by atoms with van der Waals surface area (Å²) in [6.07, 6.45) is 4.59. The molecule has 0 saturated carbocycles. The van der Waals surface area contributed by atoms with Crippen LogP contribution in [0.5, 0.6) is 0 Å². The van der Waals surface area contributed by atoms with Crippen molar-refractivity contribution < 1.29 is 4.79 Å². The number of hydrogen-bond acceptors (Lipinski definition) is 4. The Morgan fingerprint density at radius 2 is 1.92 bits per heavy atom. The van der Waals surface area contributed by atoms with E-state index in [2.05, 4.69) is 78.6 Å². The van der Waals surface area contributed by atoms with Gasteiger partial charge in [-0.2, -0.15) is 0 Å². The zero-order chi connectivity index (χ0) is 27.2. The minimum Gasteiger partial charge on any atom is -0.366 e. The van der Waals surface area contributed by atoms with E-state index in [9.17, 15) is 4.79 Å². The highest BCUT2D eigenvalue weighted by Crippen LogP contribution is 2.45. The van der Waals surface area contributed by atoms with Crippen LogP contribution in [0.25, 0.3) is 5.57 Å². The highest BCUT2D eigenvalue weighted by Gasteiger charge is 2.41. The Morgan fingerprint density at radius 1 is 1.13 bits per heavy atom. The summed E-state index contributed by atoms with van der Waals surface area (Å²) in [5.74, 6) is -0.00191. The number of allylic oxidation sites excluding steroid dienone is 1. The molecule has 5 rings (SSSR count). The molecule has 2 aromatic carbocycles. The smallest absolute Gasteiger partial charge is 0.224 e. The van der Waals surface area contributed by atoms with Gasteiger partial charge in [0.2, 0.25) is 5.91 Å². The van der Waals surface area contributed by atoms with E-state index in [1.807, 2.05) is 50.4 Å². The Balaban J connectivity index is 1.61. The van der Waals surface area contributed by atoms with Crippen LogP contribution in [0.4, 0.5) is 17.1 Å². The molecule has 1 amide bonds. The number of nitrogens with one attached hydrogen (secondary N) is 2. The van der Waals surface area contributed by atoms with Crippen LogP contribution in [0, 0.1) is 6.92 Å². The van der Waals surface area contributed by atoms with E-state index in [0.717, 1.165) is 28.2 Å². The summed E-state index contributed by atoms with van der Waals surface area (Å²) in [7, 11) is 2.15. The molecule has 2 aliphatic heterocycles. The van der Waals surface area contributed by atoms with Crippen molar-refractivity contribution in [2.75, 3.05) is 22.2 Å². The van der Waals surface area contributed by atoms with Crippen molar-refractivity contribution in [1.29, 1.82) is 0 Å². The van der Waals surface area contributed by atoms with Gasteiger partial charge in [0, 0.05) is 42.3 Å². The van der Waals surface area contributed by atoms with Crippen molar-refractivity contribution in [3.05, 3.63) is 89.3 Å². The van der Waals surface area contributed by atoms with Crippen LogP contribution < -0.4 is 20.4 Å². The highest BCUT2D eigenvalue weighted by molar-refractivity contribution is 7.80. The second-order valence-electron chi connectivity index (χ2n) is 10.7. The number of pyridine rings is 1. The van der Waals surface area contributed by atoms with Gasteiger partial charge >= 0.3 is 0 Å². The van der Waals surface area contributed by atoms with Crippen LogP contribution in [-0.2, 0) is 4.79 Å². The molecule has 0 radical (unpaired) electrons. The zero-order valence-corrected chi connectivity index (χ0v) is 23.7. The predicted octanol–water partition coefficient (Wildman–Crippen LogP) is 6.55. The lowest BCUT2D eigenvalue weighted by Crippen LogP contribution is -2.42. The van der Waals surface area contributed by atoms with Gasteiger partial charge in [-0.05, 0) is 99.1 Å². The van der Waals surface area contributed by atoms with Gasteiger partial charge in [0.25, 0.3) is 0 Å². The maximum absolute atomic E-state index is 12.0. The Bertz CT molecular complexity index is 1430. The molecular formula is C31H35N5OS. The van der Waals surface area contributed by atoms with Gasteiger partial charge in [-0.15, -0.1) is 0 Å². The average molecular weight is 526 g/mol. The van der Waals surface area contributed by atoms with Crippen LogP contribution in [0.3, 0.4) is 0 Å². The van der Waals surface area contributed by atoms with Crippen molar-refractivity contribution in [2.45, 2.75) is 58.7 Å². The minimum atomic E-state index is -0.122. The molecule has 0 bridgehead atoms. The molecule has 6 nitrogen and oxygen atoms in total. The topological polar surface area (TPSA) is 60.5 Å². The number of nitrogens with zero attached hydrogens (tertiary/aromatic N) is 3. The molecule has 1 aromatic heterocycles. The Kier molecular flexibility index (Phi) is 6.73. The first kappa shape index (κ1) is 25.9. The Morgan fingerprint density at radius 3 is 2.61 bits per heavy atom. The molecular weight excluding hydrogens is 490 g/mol. The van der Waals surface area contributed by atoms with Crippen molar-refractivity contribution in [2.24, 2.45) is 0 Å². The van der Waals surface area contributed by atoms with Crippen LogP contribution >= 0.6 is 12.2 Å². The van der Waals surface area contributed by atoms with Gasteiger partial charge in [0.1, 0.15) is 0 Å². The van der Waals surface area contributed by atoms with E-state index in [0.29, 0.717) is 11.5 Å². The molecule has 0 spiro atoms. The third kappa shape index (κ3) is 4.56. The summed E-state index contributed by atoms with van der Waals surface area (Å²) in [6, 6.07) is 18.6. The number of rotatable bonds is 5. The van der Waals surface area contributed by atoms with E-state index in [1.54, 1.807) is 0 Å². The number of benzene rings is 2. The largest absolute Gasteiger partial charge is 0.366 e. The van der Waals surface area contributed by atoms with Crippen LogP contribution in [0.1, 0.15) is 68.6 Å². The van der Waals surface area contributed by atoms with Crippen LogP contribution in [0.15, 0.2) is 66.9 Å². The van der Waals surface area contributed by atoms with E-state index in [4.69, 9.17) is 17.2 Å². The van der Waals surface area contributed by atoms with E-state index in [1.165, 1.54) is 16.8 Å². The molecule has 7 heteroatoms. The molecule has 0 aliphatic carbocycles. The number of aromatic nitrogens is 1. The first-order valence-corrected chi connectivity index (χ1v) is 13.5. The fourth-order valence-corrected chi connectivity index (χ4v) is 5.86. The molecule has 3 heterocycles. The zero-order valence-electron chi connectivity index (χ0n) is 22.9. The van der Waals surface area contributed by atoms with Crippen molar-refractivity contribution in [1.82, 2.24) is 10.3 Å². The Hall–Kier alpha value is -3.71. The molecule has 1 fully saturated rings. The molecule has 2 aliphatic rings. The third-order valence-corrected chi connectivity index (χ3v) is 8.08. The molecule has 0 unspecified atom stereocenters. The van der Waals surface area contributed by atoms with E-state index < -0.39 is 0 Å². The summed E-state index contributed by atoms with van der Waals surface area (Å²) in [5.41, 5.74) is 8.55. The number of likely N-dealkylation sites (N-methyl/N-ethyl adjacent to an activating group) is 1. The van der Waals surface area contributed by atoms with Gasteiger partial charge in [-0.25, -0.2) is 0 Å². The summed E-state index contributed by atoms with van der Waals surface area (Å²) in [4.78, 5) is 21.2. The van der Waals surface area contributed by atoms with Crippen molar-refractivity contribution in [3.63, 3.8) is 0 Å². The fraction of sp³-hybridized carbons (Fsp3) is 0.323. The second kappa shape index (κ2) is 9.87. The number of fused-ring (bicyclic) bond motifs is 1. The summed E-state index contributed by atoms with van der Waals surface area (Å²) >= 11 is 5.93. The molecule has 2 N–H and O–H groups in total. The lowest BCUT2D eigenvalue weighted by Gasteiger charge is -2.41. The maximum atomic E-state index is 12.0. The fourth-order valence-electron chi connectivity index (χ4n) is 5.51. The van der Waals surface area contributed by atoms with Gasteiger partial charge in [0.05, 0.1) is 23.3 Å². The lowest BCUT2D eigenvalue weighted by molar-refractivity contribution is -0.115. The first-order valence-electron chi connectivity index (χ1n) is 13.1.